The Balaban J connectivity index is 2.72. The lowest BCUT2D eigenvalue weighted by Crippen LogP contribution is -2.19. The molecular formula is C8H10ClNOS. The first-order valence-corrected chi connectivity index (χ1v) is 4.89. The summed E-state index contributed by atoms with van der Waals surface area (Å²) < 4.78 is 0. The maximum Gasteiger partial charge on any atom is 0.175 e. The summed E-state index contributed by atoms with van der Waals surface area (Å²) >= 11 is 7.13. The normalized spacial score (nSPS) is 12.9. The molecule has 0 saturated carbocycles. The molecule has 66 valence electrons. The Labute approximate surface area is 80.3 Å². The van der Waals surface area contributed by atoms with Gasteiger partial charge in [0.1, 0.15) is 0 Å². The number of carbonyl (C=O) groups is 1. The molecule has 0 bridgehead atoms. The number of hydrogen-bond donors (Lipinski definition) is 1. The Morgan fingerprint density at radius 3 is 2.92 bits per heavy atom. The minimum absolute atomic E-state index is 0.0324. The molecule has 0 aromatic carbocycles. The van der Waals surface area contributed by atoms with Crippen LogP contribution < -0.4 is 5.73 Å². The van der Waals surface area contributed by atoms with Crippen LogP contribution in [0.25, 0.3) is 0 Å². The van der Waals surface area contributed by atoms with Crippen LogP contribution in [-0.4, -0.2) is 11.8 Å². The number of thiophene rings is 1. The molecule has 0 aliphatic heterocycles. The van der Waals surface area contributed by atoms with Gasteiger partial charge >= 0.3 is 0 Å². The Hall–Kier alpha value is -0.380. The number of ketones is 1. The molecule has 0 fully saturated rings. The van der Waals surface area contributed by atoms with Crippen LogP contribution in [0.1, 0.15) is 23.0 Å². The minimum Gasteiger partial charge on any atom is -0.328 e. The van der Waals surface area contributed by atoms with E-state index >= 15 is 0 Å². The summed E-state index contributed by atoms with van der Waals surface area (Å²) in [5.74, 6) is 0.0324. The third-order valence-corrected chi connectivity index (χ3v) is 2.76. The molecule has 1 rings (SSSR count). The van der Waals surface area contributed by atoms with Crippen molar-refractivity contribution in [2.75, 3.05) is 0 Å². The van der Waals surface area contributed by atoms with Crippen LogP contribution >= 0.6 is 22.9 Å². The number of hydrogen-bond acceptors (Lipinski definition) is 3. The van der Waals surface area contributed by atoms with Gasteiger partial charge in [-0.1, -0.05) is 11.6 Å². The number of Topliss-reactive ketones (excluding diaryl/α,β-unsaturated/α-hetero) is 1. The van der Waals surface area contributed by atoms with E-state index in [1.165, 1.54) is 11.3 Å². The summed E-state index contributed by atoms with van der Waals surface area (Å²) in [5.41, 5.74) is 5.49. The van der Waals surface area contributed by atoms with Crippen LogP contribution in [-0.2, 0) is 0 Å². The summed E-state index contributed by atoms with van der Waals surface area (Å²) in [6, 6.07) is 1.62. The van der Waals surface area contributed by atoms with E-state index in [0.717, 1.165) is 0 Å². The molecule has 0 amide bonds. The van der Waals surface area contributed by atoms with Gasteiger partial charge in [0, 0.05) is 12.5 Å². The van der Waals surface area contributed by atoms with Crippen LogP contribution in [0.5, 0.6) is 0 Å². The molecule has 1 heterocycles. The smallest absolute Gasteiger partial charge is 0.175 e. The van der Waals surface area contributed by atoms with Crippen molar-refractivity contribution in [1.29, 1.82) is 0 Å². The Kier molecular flexibility index (Phi) is 3.26. The largest absolute Gasteiger partial charge is 0.328 e. The predicted molar refractivity (Wildman–Crippen MR) is 51.9 cm³/mol. The third-order valence-electron chi connectivity index (χ3n) is 1.38. The zero-order valence-corrected chi connectivity index (χ0v) is 8.28. The molecule has 1 unspecified atom stereocenters. The predicted octanol–water partition coefficient (Wildman–Crippen LogP) is 2.32. The highest BCUT2D eigenvalue weighted by atomic mass is 35.5. The second-order valence-electron chi connectivity index (χ2n) is 2.70. The van der Waals surface area contributed by atoms with Gasteiger partial charge in [0.2, 0.25) is 0 Å². The molecule has 4 heteroatoms. The standard InChI is InChI=1S/C8H10ClNOS/c1-5(10)4-7(11)8-6(9)2-3-12-8/h2-3,5H,4,10H2,1H3. The summed E-state index contributed by atoms with van der Waals surface area (Å²) in [5, 5.41) is 2.34. The fraction of sp³-hybridized carbons (Fsp3) is 0.375. The maximum atomic E-state index is 11.4. The van der Waals surface area contributed by atoms with E-state index in [1.54, 1.807) is 18.4 Å². The van der Waals surface area contributed by atoms with Crippen molar-refractivity contribution in [3.63, 3.8) is 0 Å². The van der Waals surface area contributed by atoms with Crippen LogP contribution in [0.15, 0.2) is 11.4 Å². The second kappa shape index (κ2) is 4.03. The molecule has 1 aromatic heterocycles. The SMILES string of the molecule is CC(N)CC(=O)c1sccc1Cl. The first kappa shape index (κ1) is 9.71. The average molecular weight is 204 g/mol. The fourth-order valence-electron chi connectivity index (χ4n) is 0.878. The minimum atomic E-state index is -0.101. The van der Waals surface area contributed by atoms with Gasteiger partial charge in [-0.15, -0.1) is 11.3 Å². The highest BCUT2D eigenvalue weighted by Gasteiger charge is 2.12. The fourth-order valence-corrected chi connectivity index (χ4v) is 1.99. The van der Waals surface area contributed by atoms with Crippen molar-refractivity contribution in [1.82, 2.24) is 0 Å². The van der Waals surface area contributed by atoms with Gasteiger partial charge in [-0.3, -0.25) is 4.79 Å². The van der Waals surface area contributed by atoms with Crippen molar-refractivity contribution in [3.8, 4) is 0 Å². The Bertz CT molecular complexity index is 282. The summed E-state index contributed by atoms with van der Waals surface area (Å²) in [6.07, 6.45) is 0.361. The molecular weight excluding hydrogens is 194 g/mol. The summed E-state index contributed by atoms with van der Waals surface area (Å²) in [4.78, 5) is 12.0. The van der Waals surface area contributed by atoms with Crippen LogP contribution in [0.4, 0.5) is 0 Å². The number of carbonyl (C=O) groups excluding carboxylic acids is 1. The van der Waals surface area contributed by atoms with Crippen LogP contribution in [0.2, 0.25) is 5.02 Å². The van der Waals surface area contributed by atoms with Crippen molar-refractivity contribution in [2.24, 2.45) is 5.73 Å². The highest BCUT2D eigenvalue weighted by Crippen LogP contribution is 2.23. The molecule has 0 aliphatic rings. The van der Waals surface area contributed by atoms with E-state index in [2.05, 4.69) is 0 Å². The van der Waals surface area contributed by atoms with Crippen molar-refractivity contribution in [3.05, 3.63) is 21.3 Å². The van der Waals surface area contributed by atoms with Crippen molar-refractivity contribution >= 4 is 28.7 Å². The number of rotatable bonds is 3. The Morgan fingerprint density at radius 2 is 2.50 bits per heavy atom. The molecule has 0 spiro atoms. The van der Waals surface area contributed by atoms with Crippen LogP contribution in [0.3, 0.4) is 0 Å². The van der Waals surface area contributed by atoms with Gasteiger partial charge in [-0.2, -0.15) is 0 Å². The lowest BCUT2D eigenvalue weighted by Gasteiger charge is -2.01. The quantitative estimate of drug-likeness (QED) is 0.767. The summed E-state index contributed by atoms with van der Waals surface area (Å²) in [7, 11) is 0. The van der Waals surface area contributed by atoms with E-state index in [-0.39, 0.29) is 11.8 Å². The molecule has 2 nitrogen and oxygen atoms in total. The van der Waals surface area contributed by atoms with E-state index in [0.29, 0.717) is 16.3 Å². The Morgan fingerprint density at radius 1 is 1.83 bits per heavy atom. The molecule has 0 saturated heterocycles. The van der Waals surface area contributed by atoms with Crippen molar-refractivity contribution < 1.29 is 4.79 Å². The maximum absolute atomic E-state index is 11.4. The van der Waals surface area contributed by atoms with E-state index in [9.17, 15) is 4.79 Å². The molecule has 12 heavy (non-hydrogen) atoms. The van der Waals surface area contributed by atoms with Gasteiger partial charge in [-0.05, 0) is 18.4 Å². The van der Waals surface area contributed by atoms with E-state index < -0.39 is 0 Å². The van der Waals surface area contributed by atoms with Gasteiger partial charge in [0.25, 0.3) is 0 Å². The molecule has 0 aliphatic carbocycles. The molecule has 0 radical (unpaired) electrons. The molecule has 2 N–H and O–H groups in total. The van der Waals surface area contributed by atoms with Crippen molar-refractivity contribution in [2.45, 2.75) is 19.4 Å². The lowest BCUT2D eigenvalue weighted by molar-refractivity contribution is 0.0980. The first-order valence-electron chi connectivity index (χ1n) is 3.63. The van der Waals surface area contributed by atoms with Gasteiger partial charge in [0.05, 0.1) is 9.90 Å². The van der Waals surface area contributed by atoms with Gasteiger partial charge in [-0.25, -0.2) is 0 Å². The topological polar surface area (TPSA) is 43.1 Å². The zero-order chi connectivity index (χ0) is 9.14. The second-order valence-corrected chi connectivity index (χ2v) is 4.03. The molecule has 1 aromatic rings. The van der Waals surface area contributed by atoms with Crippen LogP contribution in [0, 0.1) is 0 Å². The lowest BCUT2D eigenvalue weighted by atomic mass is 10.1. The average Bonchev–Trinajstić information content (AvgIpc) is 2.33. The van der Waals surface area contributed by atoms with Gasteiger partial charge in [0.15, 0.2) is 5.78 Å². The zero-order valence-electron chi connectivity index (χ0n) is 6.71. The van der Waals surface area contributed by atoms with Gasteiger partial charge < -0.3 is 5.73 Å². The monoisotopic (exact) mass is 203 g/mol. The summed E-state index contributed by atoms with van der Waals surface area (Å²) in [6.45, 7) is 1.80. The van der Waals surface area contributed by atoms with E-state index in [4.69, 9.17) is 17.3 Å². The molecule has 1 atom stereocenters. The third kappa shape index (κ3) is 2.30. The highest BCUT2D eigenvalue weighted by molar-refractivity contribution is 7.12. The first-order chi connectivity index (χ1) is 5.61. The number of nitrogens with two attached hydrogens (primary N) is 1. The van der Waals surface area contributed by atoms with E-state index in [1.807, 2.05) is 0 Å². The number of halogens is 1.